The van der Waals surface area contributed by atoms with Gasteiger partial charge in [0.2, 0.25) is 0 Å². The van der Waals surface area contributed by atoms with Crippen LogP contribution >= 0.6 is 0 Å². The highest BCUT2D eigenvalue weighted by Gasteiger charge is 2.26. The zero-order chi connectivity index (χ0) is 14.5. The van der Waals surface area contributed by atoms with Gasteiger partial charge in [-0.3, -0.25) is 0 Å². The molecule has 2 heteroatoms. The zero-order valence-electron chi connectivity index (χ0n) is 13.2. The minimum atomic E-state index is 0.409. The summed E-state index contributed by atoms with van der Waals surface area (Å²) in [7, 11) is 0. The molecule has 1 fully saturated rings. The van der Waals surface area contributed by atoms with E-state index in [9.17, 15) is 0 Å². The number of rotatable bonds is 5. The number of nitrogens with two attached hydrogens (primary N) is 1. The number of hydrogen-bond donors (Lipinski definition) is 1. The van der Waals surface area contributed by atoms with E-state index in [1.54, 1.807) is 0 Å². The molecule has 0 heterocycles. The second-order valence-electron chi connectivity index (χ2n) is 6.21. The number of benzene rings is 1. The van der Waals surface area contributed by atoms with Crippen molar-refractivity contribution in [2.75, 3.05) is 6.54 Å². The van der Waals surface area contributed by atoms with E-state index in [4.69, 9.17) is 10.5 Å². The molecule has 0 spiro atoms. The van der Waals surface area contributed by atoms with Gasteiger partial charge in [0.05, 0.1) is 0 Å². The summed E-state index contributed by atoms with van der Waals surface area (Å²) in [6, 6.07) is 4.47. The van der Waals surface area contributed by atoms with Crippen molar-refractivity contribution in [3.63, 3.8) is 0 Å². The van der Waals surface area contributed by atoms with Crippen LogP contribution in [0.1, 0.15) is 55.7 Å². The predicted octanol–water partition coefficient (Wildman–Crippen LogP) is 4.15. The molecule has 1 saturated carbocycles. The Morgan fingerprint density at radius 3 is 2.40 bits per heavy atom. The van der Waals surface area contributed by atoms with Gasteiger partial charge in [-0.1, -0.05) is 25.5 Å². The summed E-state index contributed by atoms with van der Waals surface area (Å²) in [5.74, 6) is 1.84. The standard InChI is InChI=1S/C18H29NO/c1-4-16-7-5-6-8-17(16)20-18-13(2)11-15(9-10-19)12-14(18)3/h11-12,16-17H,4-10,19H2,1-3H3. The fourth-order valence-corrected chi connectivity index (χ4v) is 3.48. The molecule has 1 aromatic rings. The number of hydrogen-bond acceptors (Lipinski definition) is 2. The van der Waals surface area contributed by atoms with Crippen molar-refractivity contribution < 1.29 is 4.74 Å². The predicted molar refractivity (Wildman–Crippen MR) is 85.3 cm³/mol. The molecule has 2 atom stereocenters. The van der Waals surface area contributed by atoms with Crippen LogP contribution in [0.2, 0.25) is 0 Å². The molecule has 0 radical (unpaired) electrons. The van der Waals surface area contributed by atoms with Gasteiger partial charge in [0.1, 0.15) is 11.9 Å². The van der Waals surface area contributed by atoms with Gasteiger partial charge >= 0.3 is 0 Å². The van der Waals surface area contributed by atoms with Crippen LogP contribution in [0.25, 0.3) is 0 Å². The first-order valence-electron chi connectivity index (χ1n) is 8.12. The van der Waals surface area contributed by atoms with E-state index in [-0.39, 0.29) is 0 Å². The fraction of sp³-hybridized carbons (Fsp3) is 0.667. The first kappa shape index (κ1) is 15.4. The lowest BCUT2D eigenvalue weighted by Crippen LogP contribution is -2.30. The lowest BCUT2D eigenvalue weighted by Gasteiger charge is -2.32. The fourth-order valence-electron chi connectivity index (χ4n) is 3.48. The van der Waals surface area contributed by atoms with Crippen molar-refractivity contribution in [2.45, 2.75) is 65.4 Å². The van der Waals surface area contributed by atoms with Gasteiger partial charge in [0.15, 0.2) is 0 Å². The van der Waals surface area contributed by atoms with Crippen molar-refractivity contribution >= 4 is 0 Å². The minimum Gasteiger partial charge on any atom is -0.490 e. The molecular formula is C18H29NO. The molecule has 1 aromatic carbocycles. The van der Waals surface area contributed by atoms with Gasteiger partial charge in [-0.15, -0.1) is 0 Å². The Hall–Kier alpha value is -1.02. The van der Waals surface area contributed by atoms with Crippen LogP contribution in [0.4, 0.5) is 0 Å². The van der Waals surface area contributed by atoms with Gasteiger partial charge in [-0.05, 0) is 75.1 Å². The SMILES string of the molecule is CCC1CCCCC1Oc1c(C)cc(CCN)cc1C. The Kier molecular flexibility index (Phi) is 5.47. The Morgan fingerprint density at radius 1 is 1.15 bits per heavy atom. The van der Waals surface area contributed by atoms with Crippen molar-refractivity contribution in [3.8, 4) is 5.75 Å². The quantitative estimate of drug-likeness (QED) is 0.876. The molecule has 0 aliphatic heterocycles. The summed E-state index contributed by atoms with van der Waals surface area (Å²) in [6.45, 7) is 7.31. The van der Waals surface area contributed by atoms with E-state index >= 15 is 0 Å². The van der Waals surface area contributed by atoms with Gasteiger partial charge in [0.25, 0.3) is 0 Å². The maximum absolute atomic E-state index is 6.42. The summed E-state index contributed by atoms with van der Waals surface area (Å²) in [5.41, 5.74) is 9.49. The maximum Gasteiger partial charge on any atom is 0.125 e. The Bertz CT molecular complexity index is 418. The molecule has 2 nitrogen and oxygen atoms in total. The van der Waals surface area contributed by atoms with E-state index in [2.05, 4.69) is 32.9 Å². The molecule has 2 unspecified atom stereocenters. The van der Waals surface area contributed by atoms with Crippen molar-refractivity contribution in [1.82, 2.24) is 0 Å². The average molecular weight is 275 g/mol. The highest BCUT2D eigenvalue weighted by Crippen LogP contribution is 2.33. The molecule has 1 aliphatic rings. The van der Waals surface area contributed by atoms with Crippen molar-refractivity contribution in [1.29, 1.82) is 0 Å². The number of aryl methyl sites for hydroxylation is 2. The van der Waals surface area contributed by atoms with Crippen molar-refractivity contribution in [2.24, 2.45) is 11.7 Å². The normalized spacial score (nSPS) is 22.8. The van der Waals surface area contributed by atoms with Crippen LogP contribution in [0, 0.1) is 19.8 Å². The van der Waals surface area contributed by atoms with E-state index in [1.807, 2.05) is 0 Å². The monoisotopic (exact) mass is 275 g/mol. The first-order chi connectivity index (χ1) is 9.65. The second kappa shape index (κ2) is 7.12. The minimum absolute atomic E-state index is 0.409. The molecule has 0 saturated heterocycles. The number of ether oxygens (including phenoxy) is 1. The lowest BCUT2D eigenvalue weighted by molar-refractivity contribution is 0.0890. The topological polar surface area (TPSA) is 35.2 Å². The molecule has 2 rings (SSSR count). The van der Waals surface area contributed by atoms with Crippen LogP contribution in [0.5, 0.6) is 5.75 Å². The van der Waals surface area contributed by atoms with Gasteiger partial charge in [-0.2, -0.15) is 0 Å². The smallest absolute Gasteiger partial charge is 0.125 e. The van der Waals surface area contributed by atoms with Crippen LogP contribution in [0.3, 0.4) is 0 Å². The van der Waals surface area contributed by atoms with Crippen LogP contribution < -0.4 is 10.5 Å². The van der Waals surface area contributed by atoms with E-state index in [0.29, 0.717) is 12.6 Å². The first-order valence-corrected chi connectivity index (χ1v) is 8.12. The second-order valence-corrected chi connectivity index (χ2v) is 6.21. The Balaban J connectivity index is 2.15. The summed E-state index contributed by atoms with van der Waals surface area (Å²) in [6.07, 6.45) is 7.80. The molecule has 2 N–H and O–H groups in total. The van der Waals surface area contributed by atoms with Gasteiger partial charge < -0.3 is 10.5 Å². The average Bonchev–Trinajstić information content (AvgIpc) is 2.43. The largest absolute Gasteiger partial charge is 0.490 e. The highest BCUT2D eigenvalue weighted by atomic mass is 16.5. The third-order valence-corrected chi connectivity index (χ3v) is 4.59. The third-order valence-electron chi connectivity index (χ3n) is 4.59. The molecule has 20 heavy (non-hydrogen) atoms. The molecular weight excluding hydrogens is 246 g/mol. The van der Waals surface area contributed by atoms with Crippen LogP contribution in [-0.4, -0.2) is 12.6 Å². The van der Waals surface area contributed by atoms with Crippen molar-refractivity contribution in [3.05, 3.63) is 28.8 Å². The summed E-state index contributed by atoms with van der Waals surface area (Å²) >= 11 is 0. The van der Waals surface area contributed by atoms with Crippen LogP contribution in [0.15, 0.2) is 12.1 Å². The molecule has 0 bridgehead atoms. The van der Waals surface area contributed by atoms with Gasteiger partial charge in [-0.25, -0.2) is 0 Å². The summed E-state index contributed by atoms with van der Waals surface area (Å²) in [5, 5.41) is 0. The lowest BCUT2D eigenvalue weighted by atomic mass is 9.84. The van der Waals surface area contributed by atoms with Crippen LogP contribution in [-0.2, 0) is 6.42 Å². The molecule has 0 aromatic heterocycles. The molecule has 1 aliphatic carbocycles. The van der Waals surface area contributed by atoms with E-state index in [1.165, 1.54) is 48.8 Å². The highest BCUT2D eigenvalue weighted by molar-refractivity contribution is 5.43. The summed E-state index contributed by atoms with van der Waals surface area (Å²) < 4.78 is 6.42. The van der Waals surface area contributed by atoms with Gasteiger partial charge in [0, 0.05) is 0 Å². The molecule has 0 amide bonds. The summed E-state index contributed by atoms with van der Waals surface area (Å²) in [4.78, 5) is 0. The zero-order valence-corrected chi connectivity index (χ0v) is 13.2. The maximum atomic E-state index is 6.42. The third kappa shape index (κ3) is 3.54. The van der Waals surface area contributed by atoms with E-state index < -0.39 is 0 Å². The van der Waals surface area contributed by atoms with E-state index in [0.717, 1.165) is 18.1 Å². The Morgan fingerprint density at radius 2 is 1.80 bits per heavy atom. The Labute approximate surface area is 123 Å². The molecule has 112 valence electrons.